The van der Waals surface area contributed by atoms with Crippen molar-refractivity contribution in [3.63, 3.8) is 0 Å². The normalized spacial score (nSPS) is 12.5. The van der Waals surface area contributed by atoms with Crippen LogP contribution in [-0.2, 0) is 6.54 Å². The molecule has 0 saturated carbocycles. The van der Waals surface area contributed by atoms with E-state index in [0.29, 0.717) is 30.2 Å². The van der Waals surface area contributed by atoms with Crippen LogP contribution in [0.4, 0.5) is 0 Å². The molecular formula is C28H33N3O3S. The van der Waals surface area contributed by atoms with Crippen molar-refractivity contribution in [1.82, 2.24) is 14.9 Å². The fourth-order valence-corrected chi connectivity index (χ4v) is 5.24. The molecule has 6 nitrogen and oxygen atoms in total. The molecule has 0 unspecified atom stereocenters. The van der Waals surface area contributed by atoms with Crippen molar-refractivity contribution in [3.8, 4) is 16.9 Å². The maximum Gasteiger partial charge on any atom is 0.260 e. The predicted octanol–water partition coefficient (Wildman–Crippen LogP) is 5.17. The van der Waals surface area contributed by atoms with E-state index in [1.165, 1.54) is 11.3 Å². The third-order valence-electron chi connectivity index (χ3n) is 5.83. The van der Waals surface area contributed by atoms with Crippen LogP contribution < -0.4 is 10.3 Å². The minimum atomic E-state index is -0.665. The van der Waals surface area contributed by atoms with Crippen LogP contribution in [0.3, 0.4) is 0 Å². The second-order valence-corrected chi connectivity index (χ2v) is 10.4. The lowest BCUT2D eigenvalue weighted by Gasteiger charge is -2.26. The molecule has 0 saturated heterocycles. The van der Waals surface area contributed by atoms with E-state index in [0.717, 1.165) is 39.4 Å². The molecule has 0 bridgehead atoms. The van der Waals surface area contributed by atoms with Crippen molar-refractivity contribution in [1.29, 1.82) is 0 Å². The van der Waals surface area contributed by atoms with E-state index in [4.69, 9.17) is 9.72 Å². The Kier molecular flexibility index (Phi) is 8.00. The first kappa shape index (κ1) is 25.1. The smallest absolute Gasteiger partial charge is 0.260 e. The van der Waals surface area contributed by atoms with E-state index in [1.807, 2.05) is 35.7 Å². The standard InChI is InChI=1S/C28H33N3O3S/c1-18(2)13-31(14-21(32)16-34-22-8-6-5-7-9-22)15-25-29-27(33)26-24(17-35-28(26)30-25)23-12-19(3)10-11-20(23)4/h5-12,17-18,21,32H,13-16H2,1-4H3,(H,29,30,33)/t21-/m1/s1. The molecule has 2 N–H and O–H groups in total. The zero-order valence-electron chi connectivity index (χ0n) is 20.7. The molecule has 4 rings (SSSR count). The number of hydrogen-bond donors (Lipinski definition) is 2. The number of H-pyrrole nitrogens is 1. The Hall–Kier alpha value is -3.00. The highest BCUT2D eigenvalue weighted by molar-refractivity contribution is 7.17. The molecule has 7 heteroatoms. The largest absolute Gasteiger partial charge is 0.491 e. The Labute approximate surface area is 210 Å². The SMILES string of the molecule is Cc1ccc(C)c(-c2csc3nc(CN(CC(C)C)C[C@@H](O)COc4ccccc4)[nH]c(=O)c23)c1. The van der Waals surface area contributed by atoms with Crippen molar-refractivity contribution in [2.45, 2.75) is 40.3 Å². The summed E-state index contributed by atoms with van der Waals surface area (Å²) in [6.07, 6.45) is -0.665. The van der Waals surface area contributed by atoms with Crippen LogP contribution in [0.1, 0.15) is 30.8 Å². The van der Waals surface area contributed by atoms with Crippen LogP contribution in [0.15, 0.2) is 58.7 Å². The Balaban J connectivity index is 1.52. The third-order valence-corrected chi connectivity index (χ3v) is 6.70. The van der Waals surface area contributed by atoms with Gasteiger partial charge in [-0.2, -0.15) is 0 Å². The molecule has 184 valence electrons. The summed E-state index contributed by atoms with van der Waals surface area (Å²) in [7, 11) is 0. The molecule has 1 atom stereocenters. The maximum absolute atomic E-state index is 13.2. The molecule has 0 amide bonds. The summed E-state index contributed by atoms with van der Waals surface area (Å²) in [6, 6.07) is 15.8. The number of hydrogen-bond acceptors (Lipinski definition) is 6. The van der Waals surface area contributed by atoms with Crippen LogP contribution in [0, 0.1) is 19.8 Å². The molecule has 2 aromatic heterocycles. The number of aromatic amines is 1. The molecule has 4 aromatic rings. The molecular weight excluding hydrogens is 458 g/mol. The summed E-state index contributed by atoms with van der Waals surface area (Å²) in [5.41, 5.74) is 4.16. The number of benzene rings is 2. The molecule has 0 aliphatic carbocycles. The van der Waals surface area contributed by atoms with E-state index < -0.39 is 6.10 Å². The number of rotatable bonds is 10. The molecule has 35 heavy (non-hydrogen) atoms. The van der Waals surface area contributed by atoms with Crippen molar-refractivity contribution in [2.75, 3.05) is 19.7 Å². The van der Waals surface area contributed by atoms with Gasteiger partial charge in [-0.05, 0) is 43.0 Å². The topological polar surface area (TPSA) is 78.5 Å². The Bertz CT molecular complexity index is 1330. The summed E-state index contributed by atoms with van der Waals surface area (Å²) in [5, 5.41) is 13.3. The average Bonchev–Trinajstić information content (AvgIpc) is 3.24. The van der Waals surface area contributed by atoms with Gasteiger partial charge in [0.2, 0.25) is 0 Å². The van der Waals surface area contributed by atoms with Gasteiger partial charge in [0, 0.05) is 24.0 Å². The highest BCUT2D eigenvalue weighted by Gasteiger charge is 2.18. The minimum Gasteiger partial charge on any atom is -0.491 e. The molecule has 0 spiro atoms. The minimum absolute atomic E-state index is 0.125. The lowest BCUT2D eigenvalue weighted by atomic mass is 9.99. The van der Waals surface area contributed by atoms with Gasteiger partial charge in [-0.15, -0.1) is 11.3 Å². The van der Waals surface area contributed by atoms with E-state index in [2.05, 4.69) is 55.8 Å². The van der Waals surface area contributed by atoms with E-state index >= 15 is 0 Å². The summed E-state index contributed by atoms with van der Waals surface area (Å²) in [5.74, 6) is 1.73. The van der Waals surface area contributed by atoms with Crippen LogP contribution in [0.25, 0.3) is 21.3 Å². The molecule has 0 fully saturated rings. The van der Waals surface area contributed by atoms with Crippen LogP contribution >= 0.6 is 11.3 Å². The number of aromatic nitrogens is 2. The van der Waals surface area contributed by atoms with Gasteiger partial charge in [0.25, 0.3) is 5.56 Å². The van der Waals surface area contributed by atoms with E-state index in [-0.39, 0.29) is 12.2 Å². The summed E-state index contributed by atoms with van der Waals surface area (Å²) in [4.78, 5) is 23.8. The van der Waals surface area contributed by atoms with Crippen molar-refractivity contribution < 1.29 is 9.84 Å². The highest BCUT2D eigenvalue weighted by atomic mass is 32.1. The number of thiophene rings is 1. The Morgan fingerprint density at radius 2 is 1.86 bits per heavy atom. The lowest BCUT2D eigenvalue weighted by Crippen LogP contribution is -2.38. The fraction of sp³-hybridized carbons (Fsp3) is 0.357. The third kappa shape index (κ3) is 6.36. The highest BCUT2D eigenvalue weighted by Crippen LogP contribution is 2.33. The van der Waals surface area contributed by atoms with E-state index in [1.54, 1.807) is 0 Å². The maximum atomic E-state index is 13.2. The van der Waals surface area contributed by atoms with Gasteiger partial charge in [0.05, 0.1) is 11.9 Å². The van der Waals surface area contributed by atoms with Gasteiger partial charge in [-0.3, -0.25) is 9.69 Å². The Morgan fingerprint density at radius 1 is 1.09 bits per heavy atom. The van der Waals surface area contributed by atoms with Crippen LogP contribution in [0.2, 0.25) is 0 Å². The number of ether oxygens (including phenoxy) is 1. The van der Waals surface area contributed by atoms with Gasteiger partial charge in [0.15, 0.2) is 0 Å². The number of para-hydroxylation sites is 1. The number of nitrogens with one attached hydrogen (secondary N) is 1. The number of aryl methyl sites for hydroxylation is 2. The first-order valence-corrected chi connectivity index (χ1v) is 12.8. The molecule has 2 aromatic carbocycles. The molecule has 2 heterocycles. The lowest BCUT2D eigenvalue weighted by molar-refractivity contribution is 0.0606. The fourth-order valence-electron chi connectivity index (χ4n) is 4.28. The molecule has 0 radical (unpaired) electrons. The van der Waals surface area contributed by atoms with Gasteiger partial charge < -0.3 is 14.8 Å². The second-order valence-electron chi connectivity index (χ2n) is 9.53. The van der Waals surface area contributed by atoms with Crippen molar-refractivity contribution in [3.05, 3.63) is 81.2 Å². The summed E-state index contributed by atoms with van der Waals surface area (Å²) in [6.45, 7) is 10.2. The number of aliphatic hydroxyl groups is 1. The van der Waals surface area contributed by atoms with Gasteiger partial charge in [0.1, 0.15) is 29.1 Å². The average molecular weight is 492 g/mol. The molecule has 0 aliphatic heterocycles. The summed E-state index contributed by atoms with van der Waals surface area (Å²) >= 11 is 1.49. The second kappa shape index (κ2) is 11.2. The number of fused-ring (bicyclic) bond motifs is 1. The molecule has 0 aliphatic rings. The van der Waals surface area contributed by atoms with Crippen LogP contribution in [0.5, 0.6) is 5.75 Å². The number of aliphatic hydroxyl groups excluding tert-OH is 1. The van der Waals surface area contributed by atoms with Gasteiger partial charge in [-0.1, -0.05) is 55.8 Å². The monoisotopic (exact) mass is 491 g/mol. The van der Waals surface area contributed by atoms with Crippen molar-refractivity contribution in [2.24, 2.45) is 5.92 Å². The van der Waals surface area contributed by atoms with Crippen molar-refractivity contribution >= 4 is 21.6 Å². The first-order chi connectivity index (χ1) is 16.8. The first-order valence-electron chi connectivity index (χ1n) is 12.0. The quantitative estimate of drug-likeness (QED) is 0.320. The number of nitrogens with zero attached hydrogens (tertiary/aromatic N) is 2. The van der Waals surface area contributed by atoms with Gasteiger partial charge in [-0.25, -0.2) is 4.98 Å². The van der Waals surface area contributed by atoms with Gasteiger partial charge >= 0.3 is 0 Å². The predicted molar refractivity (Wildman–Crippen MR) is 143 cm³/mol. The zero-order chi connectivity index (χ0) is 24.9. The van der Waals surface area contributed by atoms with E-state index in [9.17, 15) is 9.90 Å². The summed E-state index contributed by atoms with van der Waals surface area (Å²) < 4.78 is 5.71. The van der Waals surface area contributed by atoms with Crippen LogP contribution in [-0.4, -0.2) is 45.8 Å². The zero-order valence-corrected chi connectivity index (χ0v) is 21.6. The Morgan fingerprint density at radius 3 is 2.60 bits per heavy atom.